The Kier molecular flexibility index (Phi) is 4.47. The van der Waals surface area contributed by atoms with E-state index in [2.05, 4.69) is 9.97 Å². The number of aliphatic carboxylic acids is 1. The molecule has 24 heavy (non-hydrogen) atoms. The predicted octanol–water partition coefficient (Wildman–Crippen LogP) is 0.270. The maximum atomic E-state index is 10.9. The standard InChI is InChI=1S/C15H16BN3O5/c1-8-4-9(23-13-2-3-18-12(7-17)19-13)5-10-15(8)11(6-14(20)21)24-16(10)22/h2-5,11,22H,6-7,17H2,1H3,(H,20,21). The van der Waals surface area contributed by atoms with Crippen LogP contribution in [0.1, 0.15) is 29.5 Å². The minimum absolute atomic E-state index is 0.198. The summed E-state index contributed by atoms with van der Waals surface area (Å²) < 4.78 is 11.0. The molecule has 3 rings (SSSR count). The number of nitrogens with zero attached hydrogens (tertiary/aromatic N) is 2. The molecule has 0 saturated heterocycles. The van der Waals surface area contributed by atoms with Crippen LogP contribution < -0.4 is 15.9 Å². The van der Waals surface area contributed by atoms with E-state index in [0.29, 0.717) is 28.5 Å². The van der Waals surface area contributed by atoms with Crippen LogP contribution in [-0.2, 0) is 16.0 Å². The van der Waals surface area contributed by atoms with Crippen LogP contribution in [-0.4, -0.2) is 33.2 Å². The second-order valence-corrected chi connectivity index (χ2v) is 5.44. The summed E-state index contributed by atoms with van der Waals surface area (Å²) in [5, 5.41) is 19.0. The summed E-state index contributed by atoms with van der Waals surface area (Å²) in [6.45, 7) is 2.01. The maximum absolute atomic E-state index is 10.9. The number of carboxylic acid groups (broad SMARTS) is 1. The van der Waals surface area contributed by atoms with Crippen LogP contribution in [0.3, 0.4) is 0 Å². The lowest BCUT2D eigenvalue weighted by molar-refractivity contribution is -0.138. The van der Waals surface area contributed by atoms with Gasteiger partial charge in [-0.1, -0.05) is 0 Å². The number of ether oxygens (including phenoxy) is 1. The van der Waals surface area contributed by atoms with Crippen LogP contribution in [0.2, 0.25) is 0 Å². The second-order valence-electron chi connectivity index (χ2n) is 5.44. The zero-order valence-corrected chi connectivity index (χ0v) is 13.0. The molecule has 4 N–H and O–H groups in total. The Morgan fingerprint density at radius 2 is 2.29 bits per heavy atom. The van der Waals surface area contributed by atoms with E-state index in [-0.39, 0.29) is 13.0 Å². The molecule has 2 heterocycles. The Bertz CT molecular complexity index is 786. The van der Waals surface area contributed by atoms with Crippen LogP contribution >= 0.6 is 0 Å². The molecule has 2 aromatic rings. The van der Waals surface area contributed by atoms with Crippen LogP contribution in [0, 0.1) is 6.92 Å². The first-order valence-electron chi connectivity index (χ1n) is 7.37. The molecule has 9 heteroatoms. The zero-order valence-electron chi connectivity index (χ0n) is 13.0. The second kappa shape index (κ2) is 6.56. The number of fused-ring (bicyclic) bond motifs is 1. The quantitative estimate of drug-likeness (QED) is 0.667. The van der Waals surface area contributed by atoms with Gasteiger partial charge in [0.15, 0.2) is 0 Å². The highest BCUT2D eigenvalue weighted by Gasteiger charge is 2.37. The van der Waals surface area contributed by atoms with E-state index in [9.17, 15) is 9.82 Å². The van der Waals surface area contributed by atoms with Crippen LogP contribution in [0.5, 0.6) is 11.6 Å². The first-order valence-corrected chi connectivity index (χ1v) is 7.37. The number of rotatable bonds is 5. The maximum Gasteiger partial charge on any atom is 0.492 e. The largest absolute Gasteiger partial charge is 0.492 e. The number of hydrogen-bond donors (Lipinski definition) is 3. The van der Waals surface area contributed by atoms with Crippen molar-refractivity contribution in [3.05, 3.63) is 41.3 Å². The fourth-order valence-corrected chi connectivity index (χ4v) is 2.76. The fourth-order valence-electron chi connectivity index (χ4n) is 2.76. The van der Waals surface area contributed by atoms with Gasteiger partial charge in [-0.3, -0.25) is 4.79 Å². The van der Waals surface area contributed by atoms with Gasteiger partial charge in [0.1, 0.15) is 11.6 Å². The monoisotopic (exact) mass is 329 g/mol. The van der Waals surface area contributed by atoms with Crippen molar-refractivity contribution >= 4 is 18.6 Å². The molecule has 1 atom stereocenters. The van der Waals surface area contributed by atoms with E-state index in [1.165, 1.54) is 0 Å². The van der Waals surface area contributed by atoms with Crippen molar-refractivity contribution in [1.29, 1.82) is 0 Å². The first kappa shape index (κ1) is 16.4. The summed E-state index contributed by atoms with van der Waals surface area (Å²) in [7, 11) is -1.18. The number of carboxylic acids is 1. The summed E-state index contributed by atoms with van der Waals surface area (Å²) >= 11 is 0. The molecule has 0 spiro atoms. The Balaban J connectivity index is 1.91. The average molecular weight is 329 g/mol. The minimum Gasteiger partial charge on any atom is -0.481 e. The smallest absolute Gasteiger partial charge is 0.481 e. The number of aromatic nitrogens is 2. The lowest BCUT2D eigenvalue weighted by Gasteiger charge is -2.13. The van der Waals surface area contributed by atoms with E-state index in [0.717, 1.165) is 5.56 Å². The Morgan fingerprint density at radius 1 is 1.50 bits per heavy atom. The number of hydrogen-bond acceptors (Lipinski definition) is 7. The molecule has 1 aromatic carbocycles. The molecule has 1 aliphatic rings. The highest BCUT2D eigenvalue weighted by Crippen LogP contribution is 2.32. The Morgan fingerprint density at radius 3 is 3.00 bits per heavy atom. The summed E-state index contributed by atoms with van der Waals surface area (Å²) in [5.74, 6) is 0.261. The molecular formula is C15H16BN3O5. The van der Waals surface area contributed by atoms with Crippen molar-refractivity contribution in [2.24, 2.45) is 5.73 Å². The molecule has 1 unspecified atom stereocenters. The van der Waals surface area contributed by atoms with E-state index in [1.807, 2.05) is 6.92 Å². The number of aryl methyl sites for hydroxylation is 1. The van der Waals surface area contributed by atoms with Gasteiger partial charge >= 0.3 is 13.1 Å². The average Bonchev–Trinajstić information content (AvgIpc) is 2.83. The minimum atomic E-state index is -1.18. The first-order chi connectivity index (χ1) is 11.5. The van der Waals surface area contributed by atoms with E-state index < -0.39 is 19.2 Å². The molecule has 1 aromatic heterocycles. The SMILES string of the molecule is Cc1cc(Oc2ccnc(CN)n2)cc2c1C(CC(=O)O)OB2O. The van der Waals surface area contributed by atoms with E-state index in [4.69, 9.17) is 20.2 Å². The van der Waals surface area contributed by atoms with Crippen molar-refractivity contribution < 1.29 is 24.3 Å². The summed E-state index contributed by atoms with van der Waals surface area (Å²) in [6.07, 6.45) is 0.659. The van der Waals surface area contributed by atoms with Gasteiger partial charge in [0.05, 0.1) is 19.1 Å². The van der Waals surface area contributed by atoms with Crippen molar-refractivity contribution in [3.63, 3.8) is 0 Å². The van der Waals surface area contributed by atoms with Gasteiger partial charge in [0, 0.05) is 12.3 Å². The number of carbonyl (C=O) groups is 1. The van der Waals surface area contributed by atoms with E-state index in [1.54, 1.807) is 24.4 Å². The molecule has 124 valence electrons. The van der Waals surface area contributed by atoms with Crippen LogP contribution in [0.4, 0.5) is 0 Å². The molecule has 0 saturated carbocycles. The predicted molar refractivity (Wildman–Crippen MR) is 84.9 cm³/mol. The fraction of sp³-hybridized carbons (Fsp3) is 0.267. The van der Waals surface area contributed by atoms with Gasteiger partial charge in [-0.25, -0.2) is 4.98 Å². The molecule has 0 bridgehead atoms. The van der Waals surface area contributed by atoms with Gasteiger partial charge in [-0.2, -0.15) is 4.98 Å². The Labute approximate surface area is 138 Å². The van der Waals surface area contributed by atoms with Gasteiger partial charge in [0.2, 0.25) is 5.88 Å². The summed E-state index contributed by atoms with van der Waals surface area (Å²) in [6, 6.07) is 4.97. The molecule has 8 nitrogen and oxygen atoms in total. The van der Waals surface area contributed by atoms with Crippen molar-refractivity contribution in [1.82, 2.24) is 9.97 Å². The van der Waals surface area contributed by atoms with Gasteiger partial charge < -0.3 is 25.3 Å². The third-order valence-corrected chi connectivity index (χ3v) is 3.72. The summed E-state index contributed by atoms with van der Waals surface area (Å²) in [5.41, 5.74) is 7.47. The molecular weight excluding hydrogens is 313 g/mol. The molecule has 0 aliphatic carbocycles. The molecule has 1 aliphatic heterocycles. The van der Waals surface area contributed by atoms with Crippen molar-refractivity contribution in [2.75, 3.05) is 0 Å². The lowest BCUT2D eigenvalue weighted by Crippen LogP contribution is -2.28. The number of benzene rings is 1. The normalized spacial score (nSPS) is 16.1. The van der Waals surface area contributed by atoms with Crippen molar-refractivity contribution in [3.8, 4) is 11.6 Å². The topological polar surface area (TPSA) is 128 Å². The third kappa shape index (κ3) is 3.23. The van der Waals surface area contributed by atoms with Gasteiger partial charge in [0.25, 0.3) is 0 Å². The third-order valence-electron chi connectivity index (χ3n) is 3.72. The van der Waals surface area contributed by atoms with Crippen LogP contribution in [0.15, 0.2) is 24.4 Å². The van der Waals surface area contributed by atoms with Crippen LogP contribution in [0.25, 0.3) is 0 Å². The summed E-state index contributed by atoms with van der Waals surface area (Å²) in [4.78, 5) is 19.1. The molecule has 0 amide bonds. The highest BCUT2D eigenvalue weighted by molar-refractivity contribution is 6.62. The molecule has 0 radical (unpaired) electrons. The highest BCUT2D eigenvalue weighted by atomic mass is 16.5. The van der Waals surface area contributed by atoms with Gasteiger partial charge in [-0.05, 0) is 35.6 Å². The molecule has 0 fully saturated rings. The van der Waals surface area contributed by atoms with Crippen molar-refractivity contribution in [2.45, 2.75) is 26.0 Å². The number of nitrogens with two attached hydrogens (primary N) is 1. The van der Waals surface area contributed by atoms with Gasteiger partial charge in [-0.15, -0.1) is 0 Å². The Hall–Kier alpha value is -2.49. The lowest BCUT2D eigenvalue weighted by atomic mass is 9.77. The van der Waals surface area contributed by atoms with E-state index >= 15 is 0 Å². The zero-order chi connectivity index (χ0) is 17.3.